The second-order valence-corrected chi connectivity index (χ2v) is 4.02. The standard InChI is InChI=1S/C10H18N2O3/c1-8-4-3-5-12(6-8)7-9(13)11-10(14)15-2/h8H,3-7H2,1-2H3,(H,11,13,14)/t8-/m0/s1. The molecule has 0 aromatic heterocycles. The van der Waals surface area contributed by atoms with Crippen molar-refractivity contribution in [3.8, 4) is 0 Å². The van der Waals surface area contributed by atoms with Crippen molar-refractivity contribution in [1.29, 1.82) is 0 Å². The van der Waals surface area contributed by atoms with Gasteiger partial charge in [0.1, 0.15) is 0 Å². The third-order valence-corrected chi connectivity index (χ3v) is 2.54. The lowest BCUT2D eigenvalue weighted by Crippen LogP contribution is -2.43. The molecule has 86 valence electrons. The fourth-order valence-corrected chi connectivity index (χ4v) is 1.84. The summed E-state index contributed by atoms with van der Waals surface area (Å²) in [4.78, 5) is 24.2. The molecule has 2 amide bonds. The van der Waals surface area contributed by atoms with Gasteiger partial charge in [-0.15, -0.1) is 0 Å². The van der Waals surface area contributed by atoms with Crippen molar-refractivity contribution in [2.24, 2.45) is 5.92 Å². The molecule has 1 saturated heterocycles. The van der Waals surface area contributed by atoms with Gasteiger partial charge in [-0.1, -0.05) is 6.92 Å². The Labute approximate surface area is 89.8 Å². The first-order chi connectivity index (χ1) is 7.11. The number of nitrogens with one attached hydrogen (secondary N) is 1. The Kier molecular flexibility index (Phi) is 4.55. The van der Waals surface area contributed by atoms with E-state index in [1.54, 1.807) is 0 Å². The number of piperidine rings is 1. The normalized spacial score (nSPS) is 22.1. The molecule has 0 bridgehead atoms. The van der Waals surface area contributed by atoms with Gasteiger partial charge in [0.15, 0.2) is 0 Å². The largest absolute Gasteiger partial charge is 0.453 e. The Morgan fingerprint density at radius 1 is 1.53 bits per heavy atom. The molecule has 1 fully saturated rings. The van der Waals surface area contributed by atoms with Gasteiger partial charge in [0.25, 0.3) is 0 Å². The SMILES string of the molecule is COC(=O)NC(=O)CN1CCC[C@H](C)C1. The lowest BCUT2D eigenvalue weighted by atomic mass is 10.0. The average molecular weight is 214 g/mol. The van der Waals surface area contributed by atoms with Crippen LogP contribution in [-0.2, 0) is 9.53 Å². The van der Waals surface area contributed by atoms with Crippen LogP contribution in [0.1, 0.15) is 19.8 Å². The summed E-state index contributed by atoms with van der Waals surface area (Å²) in [5.41, 5.74) is 0. The summed E-state index contributed by atoms with van der Waals surface area (Å²) in [7, 11) is 1.24. The lowest BCUT2D eigenvalue weighted by Gasteiger charge is -2.29. The molecule has 15 heavy (non-hydrogen) atoms. The third-order valence-electron chi connectivity index (χ3n) is 2.54. The number of hydrogen-bond donors (Lipinski definition) is 1. The quantitative estimate of drug-likeness (QED) is 0.731. The Bertz CT molecular complexity index is 243. The van der Waals surface area contributed by atoms with E-state index < -0.39 is 6.09 Å². The zero-order chi connectivity index (χ0) is 11.3. The van der Waals surface area contributed by atoms with Crippen LogP contribution in [0.5, 0.6) is 0 Å². The highest BCUT2D eigenvalue weighted by Crippen LogP contribution is 2.14. The number of carbonyl (C=O) groups excluding carboxylic acids is 2. The Morgan fingerprint density at radius 2 is 2.27 bits per heavy atom. The number of amides is 2. The minimum Gasteiger partial charge on any atom is -0.453 e. The van der Waals surface area contributed by atoms with Crippen molar-refractivity contribution >= 4 is 12.0 Å². The summed E-state index contributed by atoms with van der Waals surface area (Å²) in [5, 5.41) is 2.15. The van der Waals surface area contributed by atoms with E-state index in [-0.39, 0.29) is 12.5 Å². The van der Waals surface area contributed by atoms with Crippen molar-refractivity contribution in [1.82, 2.24) is 10.2 Å². The van der Waals surface area contributed by atoms with Gasteiger partial charge in [0.2, 0.25) is 5.91 Å². The average Bonchev–Trinajstić information content (AvgIpc) is 2.17. The van der Waals surface area contributed by atoms with Gasteiger partial charge >= 0.3 is 6.09 Å². The van der Waals surface area contributed by atoms with E-state index in [1.165, 1.54) is 13.5 Å². The smallest absolute Gasteiger partial charge is 0.413 e. The zero-order valence-electron chi connectivity index (χ0n) is 9.28. The van der Waals surface area contributed by atoms with E-state index in [2.05, 4.69) is 21.9 Å². The molecule has 1 aliphatic rings. The number of hydrogen-bond acceptors (Lipinski definition) is 4. The molecule has 5 heteroatoms. The number of methoxy groups -OCH3 is 1. The number of rotatable bonds is 2. The van der Waals surface area contributed by atoms with Crippen LogP contribution < -0.4 is 5.32 Å². The number of imide groups is 1. The van der Waals surface area contributed by atoms with Crippen molar-refractivity contribution < 1.29 is 14.3 Å². The highest BCUT2D eigenvalue weighted by atomic mass is 16.5. The monoisotopic (exact) mass is 214 g/mol. The van der Waals surface area contributed by atoms with E-state index in [0.717, 1.165) is 19.5 Å². The predicted molar refractivity (Wildman–Crippen MR) is 55.4 cm³/mol. The molecule has 1 aliphatic heterocycles. The third kappa shape index (κ3) is 4.29. The summed E-state index contributed by atoms with van der Waals surface area (Å²) in [6.45, 7) is 4.30. The first-order valence-corrected chi connectivity index (χ1v) is 5.22. The number of alkyl carbamates (subject to hydrolysis) is 1. The van der Waals surface area contributed by atoms with Crippen LogP contribution in [0.4, 0.5) is 4.79 Å². The van der Waals surface area contributed by atoms with Crippen molar-refractivity contribution in [2.75, 3.05) is 26.7 Å². The maximum atomic E-state index is 11.3. The fourth-order valence-electron chi connectivity index (χ4n) is 1.84. The number of ether oxygens (including phenoxy) is 1. The molecule has 1 rings (SSSR count). The molecular weight excluding hydrogens is 196 g/mol. The minimum atomic E-state index is -0.690. The van der Waals surface area contributed by atoms with Crippen LogP contribution in [0.2, 0.25) is 0 Å². The van der Waals surface area contributed by atoms with Crippen molar-refractivity contribution in [2.45, 2.75) is 19.8 Å². The summed E-state index contributed by atoms with van der Waals surface area (Å²) >= 11 is 0. The Morgan fingerprint density at radius 3 is 2.87 bits per heavy atom. The number of likely N-dealkylation sites (tertiary alicyclic amines) is 1. The van der Waals surface area contributed by atoms with E-state index in [9.17, 15) is 9.59 Å². The van der Waals surface area contributed by atoms with Crippen LogP contribution in [0.3, 0.4) is 0 Å². The van der Waals surface area contributed by atoms with Crippen LogP contribution in [0.25, 0.3) is 0 Å². The zero-order valence-corrected chi connectivity index (χ0v) is 9.28. The highest BCUT2D eigenvalue weighted by Gasteiger charge is 2.19. The molecule has 0 unspecified atom stereocenters. The maximum absolute atomic E-state index is 11.3. The lowest BCUT2D eigenvalue weighted by molar-refractivity contribution is -0.121. The van der Waals surface area contributed by atoms with Gasteiger partial charge in [-0.05, 0) is 25.3 Å². The molecule has 0 aromatic rings. The van der Waals surface area contributed by atoms with Gasteiger partial charge in [0.05, 0.1) is 13.7 Å². The molecular formula is C10H18N2O3. The summed E-state index contributed by atoms with van der Waals surface area (Å²) in [6.07, 6.45) is 1.65. The Hall–Kier alpha value is -1.10. The molecule has 0 aromatic carbocycles. The van der Waals surface area contributed by atoms with E-state index in [0.29, 0.717) is 5.92 Å². The molecule has 0 radical (unpaired) electrons. The van der Waals surface area contributed by atoms with E-state index in [4.69, 9.17) is 0 Å². The molecule has 0 saturated carbocycles. The number of carbonyl (C=O) groups is 2. The highest BCUT2D eigenvalue weighted by molar-refractivity contribution is 5.92. The summed E-state index contributed by atoms with van der Waals surface area (Å²) < 4.78 is 4.34. The molecule has 0 aliphatic carbocycles. The molecule has 1 heterocycles. The van der Waals surface area contributed by atoms with Crippen LogP contribution in [0, 0.1) is 5.92 Å². The van der Waals surface area contributed by atoms with Gasteiger partial charge in [0, 0.05) is 6.54 Å². The van der Waals surface area contributed by atoms with Gasteiger partial charge in [-0.2, -0.15) is 0 Å². The summed E-state index contributed by atoms with van der Waals surface area (Å²) in [5.74, 6) is 0.334. The second-order valence-electron chi connectivity index (χ2n) is 4.02. The van der Waals surface area contributed by atoms with Gasteiger partial charge in [-0.25, -0.2) is 4.79 Å². The van der Waals surface area contributed by atoms with Gasteiger partial charge in [-0.3, -0.25) is 15.0 Å². The molecule has 1 N–H and O–H groups in total. The summed E-state index contributed by atoms with van der Waals surface area (Å²) in [6, 6.07) is 0. The molecule has 1 atom stereocenters. The predicted octanol–water partition coefficient (Wildman–Crippen LogP) is 0.601. The fraction of sp³-hybridized carbons (Fsp3) is 0.800. The van der Waals surface area contributed by atoms with Crippen LogP contribution in [0.15, 0.2) is 0 Å². The number of nitrogens with zero attached hydrogens (tertiary/aromatic N) is 1. The minimum absolute atomic E-state index is 0.277. The molecule has 0 spiro atoms. The first kappa shape index (κ1) is 12.0. The maximum Gasteiger partial charge on any atom is 0.413 e. The van der Waals surface area contributed by atoms with Crippen LogP contribution >= 0.6 is 0 Å². The van der Waals surface area contributed by atoms with Crippen molar-refractivity contribution in [3.05, 3.63) is 0 Å². The van der Waals surface area contributed by atoms with Crippen LogP contribution in [-0.4, -0.2) is 43.6 Å². The first-order valence-electron chi connectivity index (χ1n) is 5.22. The topological polar surface area (TPSA) is 58.6 Å². The van der Waals surface area contributed by atoms with Gasteiger partial charge < -0.3 is 4.74 Å². The van der Waals surface area contributed by atoms with E-state index >= 15 is 0 Å². The van der Waals surface area contributed by atoms with E-state index in [1.807, 2.05) is 0 Å². The Balaban J connectivity index is 2.27. The van der Waals surface area contributed by atoms with Crippen molar-refractivity contribution in [3.63, 3.8) is 0 Å². The second kappa shape index (κ2) is 5.70. The molecule has 5 nitrogen and oxygen atoms in total.